The van der Waals surface area contributed by atoms with Gasteiger partial charge in [-0.05, 0) is 12.5 Å². The van der Waals surface area contributed by atoms with E-state index in [4.69, 9.17) is 16.3 Å². The third-order valence-electron chi connectivity index (χ3n) is 5.64. The number of nitrogens with zero attached hydrogens (tertiary/aromatic N) is 3. The molecule has 1 N–H and O–H groups in total. The largest absolute Gasteiger partial charge is 0.486 e. The van der Waals surface area contributed by atoms with Crippen LogP contribution in [0, 0.1) is 23.1 Å². The van der Waals surface area contributed by atoms with E-state index in [1.807, 2.05) is 4.90 Å². The van der Waals surface area contributed by atoms with Crippen LogP contribution in [0.4, 0.5) is 10.1 Å². The average molecular weight is 392 g/mol. The molecular weight excluding hydrogens is 373 g/mol. The van der Waals surface area contributed by atoms with Gasteiger partial charge < -0.3 is 19.6 Å². The fourth-order valence-corrected chi connectivity index (χ4v) is 4.51. The summed E-state index contributed by atoms with van der Waals surface area (Å²) in [5.41, 5.74) is 1.84. The average Bonchev–Trinajstić information content (AvgIpc) is 3.29. The second kappa shape index (κ2) is 6.70. The van der Waals surface area contributed by atoms with Crippen LogP contribution >= 0.6 is 11.6 Å². The molecule has 27 heavy (non-hydrogen) atoms. The van der Waals surface area contributed by atoms with E-state index in [1.165, 1.54) is 4.90 Å². The van der Waals surface area contributed by atoms with Gasteiger partial charge in [0.05, 0.1) is 22.9 Å². The Hall–Kier alpha value is -2.30. The van der Waals surface area contributed by atoms with Crippen molar-refractivity contribution in [3.63, 3.8) is 0 Å². The summed E-state index contributed by atoms with van der Waals surface area (Å²) in [6, 6.07) is 3.84. The maximum absolute atomic E-state index is 14.7. The number of piperidine rings is 1. The standard InChI is InChI=1S/C19H19ClFN3O3/c1-10-16-14(3-5-24(10)15(26)9-25)27-19-17(16)13(6-12(20)18(19)21)23-4-2-11(7-22)8-23/h6,11,14,16,25H,1-5,8-9H2. The molecule has 6 nitrogen and oxygen atoms in total. The maximum Gasteiger partial charge on any atom is 0.252 e. The number of anilines is 1. The first kappa shape index (κ1) is 18.1. The highest BCUT2D eigenvalue weighted by molar-refractivity contribution is 6.31. The van der Waals surface area contributed by atoms with Gasteiger partial charge in [-0.2, -0.15) is 5.26 Å². The molecule has 3 heterocycles. The molecule has 0 radical (unpaired) electrons. The van der Waals surface area contributed by atoms with E-state index in [9.17, 15) is 19.6 Å². The molecule has 0 aromatic heterocycles. The first-order valence-electron chi connectivity index (χ1n) is 8.89. The van der Waals surface area contributed by atoms with Crippen LogP contribution in [0.25, 0.3) is 0 Å². The third-order valence-corrected chi connectivity index (χ3v) is 5.91. The van der Waals surface area contributed by atoms with Crippen LogP contribution in [-0.4, -0.2) is 48.3 Å². The molecule has 2 fully saturated rings. The van der Waals surface area contributed by atoms with E-state index in [2.05, 4.69) is 12.6 Å². The normalized spacial score (nSPS) is 26.4. The lowest BCUT2D eigenvalue weighted by molar-refractivity contribution is -0.133. The van der Waals surface area contributed by atoms with Gasteiger partial charge in [0.15, 0.2) is 11.6 Å². The van der Waals surface area contributed by atoms with Crippen molar-refractivity contribution in [2.24, 2.45) is 5.92 Å². The van der Waals surface area contributed by atoms with E-state index in [0.717, 1.165) is 12.1 Å². The number of ether oxygens (including phenoxy) is 1. The number of carbonyl (C=O) groups excluding carboxylic acids is 1. The van der Waals surface area contributed by atoms with Gasteiger partial charge in [0, 0.05) is 43.0 Å². The maximum atomic E-state index is 14.7. The topological polar surface area (TPSA) is 76.8 Å². The Labute approximate surface area is 161 Å². The number of carbonyl (C=O) groups is 1. The number of aliphatic hydroxyl groups is 1. The van der Waals surface area contributed by atoms with Crippen LogP contribution in [0.15, 0.2) is 18.3 Å². The molecule has 0 bridgehead atoms. The molecule has 3 aliphatic rings. The zero-order valence-corrected chi connectivity index (χ0v) is 15.4. The first-order valence-corrected chi connectivity index (χ1v) is 9.27. The summed E-state index contributed by atoms with van der Waals surface area (Å²) >= 11 is 6.11. The SMILES string of the molecule is C=C1C2c3c(N4CCC(C#N)C4)cc(Cl)c(F)c3OC2CCN1C(=O)CO. The molecule has 3 atom stereocenters. The van der Waals surface area contributed by atoms with E-state index >= 15 is 0 Å². The van der Waals surface area contributed by atoms with Crippen molar-refractivity contribution in [3.05, 3.63) is 34.7 Å². The van der Waals surface area contributed by atoms with E-state index in [0.29, 0.717) is 37.3 Å². The minimum atomic E-state index is -0.617. The third kappa shape index (κ3) is 2.75. The van der Waals surface area contributed by atoms with Crippen LogP contribution in [0.3, 0.4) is 0 Å². The molecule has 0 spiro atoms. The molecule has 142 valence electrons. The molecule has 1 amide bonds. The fourth-order valence-electron chi connectivity index (χ4n) is 4.32. The zero-order chi connectivity index (χ0) is 19.3. The van der Waals surface area contributed by atoms with Gasteiger partial charge in [0.1, 0.15) is 12.7 Å². The second-order valence-corrected chi connectivity index (χ2v) is 7.52. The van der Waals surface area contributed by atoms with Gasteiger partial charge in [-0.1, -0.05) is 18.2 Å². The van der Waals surface area contributed by atoms with Crippen molar-refractivity contribution in [3.8, 4) is 11.8 Å². The van der Waals surface area contributed by atoms with E-state index in [-0.39, 0.29) is 22.8 Å². The number of amides is 1. The molecule has 1 aromatic carbocycles. The summed E-state index contributed by atoms with van der Waals surface area (Å²) in [6.07, 6.45) is 0.892. The summed E-state index contributed by atoms with van der Waals surface area (Å²) in [4.78, 5) is 15.5. The summed E-state index contributed by atoms with van der Waals surface area (Å²) in [5.74, 6) is -1.44. The van der Waals surface area contributed by atoms with Crippen LogP contribution in [0.1, 0.15) is 24.3 Å². The predicted molar refractivity (Wildman–Crippen MR) is 97.1 cm³/mol. The van der Waals surface area contributed by atoms with Gasteiger partial charge in [-0.25, -0.2) is 4.39 Å². The molecule has 3 aliphatic heterocycles. The molecule has 1 aromatic rings. The fraction of sp³-hybridized carbons (Fsp3) is 0.474. The summed E-state index contributed by atoms with van der Waals surface area (Å²) in [5, 5.41) is 18.4. The Morgan fingerprint density at radius 3 is 2.93 bits per heavy atom. The van der Waals surface area contributed by atoms with Crippen LogP contribution < -0.4 is 9.64 Å². The molecule has 0 saturated carbocycles. The van der Waals surface area contributed by atoms with Gasteiger partial charge >= 0.3 is 0 Å². The van der Waals surface area contributed by atoms with Gasteiger partial charge in [0.25, 0.3) is 5.91 Å². The van der Waals surface area contributed by atoms with E-state index < -0.39 is 24.2 Å². The summed E-state index contributed by atoms with van der Waals surface area (Å²) in [6.45, 7) is 4.99. The quantitative estimate of drug-likeness (QED) is 0.837. The molecular formula is C19H19ClFN3O3. The predicted octanol–water partition coefficient (Wildman–Crippen LogP) is 2.41. The molecule has 4 rings (SSSR count). The van der Waals surface area contributed by atoms with Crippen LogP contribution in [-0.2, 0) is 4.79 Å². The Bertz CT molecular complexity index is 869. The number of hydrogen-bond acceptors (Lipinski definition) is 5. The monoisotopic (exact) mass is 391 g/mol. The van der Waals surface area contributed by atoms with Crippen molar-refractivity contribution in [1.29, 1.82) is 5.26 Å². The number of nitriles is 1. The van der Waals surface area contributed by atoms with Crippen LogP contribution in [0.5, 0.6) is 5.75 Å². The highest BCUT2D eigenvalue weighted by Crippen LogP contribution is 2.53. The van der Waals surface area contributed by atoms with Gasteiger partial charge in [-0.15, -0.1) is 0 Å². The number of fused-ring (bicyclic) bond motifs is 3. The van der Waals surface area contributed by atoms with Crippen molar-refractivity contribution in [2.75, 3.05) is 31.1 Å². The summed E-state index contributed by atoms with van der Waals surface area (Å²) < 4.78 is 20.6. The number of benzene rings is 1. The molecule has 3 unspecified atom stereocenters. The van der Waals surface area contributed by atoms with Crippen molar-refractivity contribution >= 4 is 23.2 Å². The lowest BCUT2D eigenvalue weighted by Gasteiger charge is -2.36. The smallest absolute Gasteiger partial charge is 0.252 e. The Morgan fingerprint density at radius 1 is 1.48 bits per heavy atom. The Morgan fingerprint density at radius 2 is 2.26 bits per heavy atom. The molecule has 8 heteroatoms. The number of hydrogen-bond donors (Lipinski definition) is 1. The van der Waals surface area contributed by atoms with Crippen molar-refractivity contribution in [1.82, 2.24) is 4.90 Å². The minimum Gasteiger partial charge on any atom is -0.486 e. The lowest BCUT2D eigenvalue weighted by atomic mass is 9.85. The molecule has 0 aliphatic carbocycles. The highest BCUT2D eigenvalue weighted by Gasteiger charge is 2.46. The van der Waals surface area contributed by atoms with Gasteiger partial charge in [-0.3, -0.25) is 4.79 Å². The van der Waals surface area contributed by atoms with Crippen molar-refractivity contribution in [2.45, 2.75) is 24.9 Å². The Kier molecular flexibility index (Phi) is 4.49. The number of rotatable bonds is 2. The number of halogens is 2. The summed E-state index contributed by atoms with van der Waals surface area (Å²) in [7, 11) is 0. The van der Waals surface area contributed by atoms with Gasteiger partial charge in [0.2, 0.25) is 0 Å². The Balaban J connectivity index is 1.79. The lowest BCUT2D eigenvalue weighted by Crippen LogP contribution is -2.43. The zero-order valence-electron chi connectivity index (χ0n) is 14.6. The minimum absolute atomic E-state index is 0.0308. The highest BCUT2D eigenvalue weighted by atomic mass is 35.5. The van der Waals surface area contributed by atoms with Crippen LogP contribution in [0.2, 0.25) is 5.02 Å². The first-order chi connectivity index (χ1) is 13.0. The number of aliphatic hydroxyl groups excluding tert-OH is 1. The second-order valence-electron chi connectivity index (χ2n) is 7.11. The number of likely N-dealkylation sites (tertiary alicyclic amines) is 1. The molecule has 2 saturated heterocycles. The van der Waals surface area contributed by atoms with Crippen molar-refractivity contribution < 1.29 is 19.0 Å². The van der Waals surface area contributed by atoms with E-state index in [1.54, 1.807) is 6.07 Å².